The van der Waals surface area contributed by atoms with Crippen molar-refractivity contribution in [3.63, 3.8) is 0 Å². The van der Waals surface area contributed by atoms with E-state index in [0.29, 0.717) is 23.0 Å². The van der Waals surface area contributed by atoms with Crippen LogP contribution in [0, 0.1) is 5.92 Å². The summed E-state index contributed by atoms with van der Waals surface area (Å²) in [5, 5.41) is 17.4. The van der Waals surface area contributed by atoms with E-state index in [9.17, 15) is 4.79 Å². The van der Waals surface area contributed by atoms with Gasteiger partial charge in [-0.3, -0.25) is 15.4 Å². The zero-order chi connectivity index (χ0) is 17.0. The standard InChI is InChI=1S/C13H14BrClN6OS/c1-7(2)6-21-19-12(18-20-21)17-13(23)16-11(22)9-5-8(14)3-4-10(9)15/h3-5,7H,6H2,1-2H3,(H2,16,17,19,22,23). The predicted octanol–water partition coefficient (Wildman–Crippen LogP) is 2.87. The van der Waals surface area contributed by atoms with Gasteiger partial charge in [-0.1, -0.05) is 46.5 Å². The van der Waals surface area contributed by atoms with E-state index in [-0.39, 0.29) is 11.1 Å². The quantitative estimate of drug-likeness (QED) is 0.744. The Morgan fingerprint density at radius 1 is 1.48 bits per heavy atom. The summed E-state index contributed by atoms with van der Waals surface area (Å²) in [6, 6.07) is 4.97. The molecule has 1 heterocycles. The molecule has 0 saturated heterocycles. The zero-order valence-corrected chi connectivity index (χ0v) is 15.5. The maximum absolute atomic E-state index is 12.2. The van der Waals surface area contributed by atoms with Gasteiger partial charge in [0.15, 0.2) is 5.11 Å². The van der Waals surface area contributed by atoms with Crippen LogP contribution in [0.5, 0.6) is 0 Å². The largest absolute Gasteiger partial charge is 0.299 e. The van der Waals surface area contributed by atoms with Crippen molar-refractivity contribution in [3.8, 4) is 0 Å². The number of amides is 1. The van der Waals surface area contributed by atoms with Crippen LogP contribution in [0.4, 0.5) is 5.95 Å². The van der Waals surface area contributed by atoms with Gasteiger partial charge in [-0.05, 0) is 41.5 Å². The summed E-state index contributed by atoms with van der Waals surface area (Å²) in [7, 11) is 0. The van der Waals surface area contributed by atoms with Gasteiger partial charge in [0.2, 0.25) is 0 Å². The Labute approximate surface area is 151 Å². The molecule has 0 saturated carbocycles. The zero-order valence-electron chi connectivity index (χ0n) is 12.4. The van der Waals surface area contributed by atoms with E-state index in [1.54, 1.807) is 18.2 Å². The minimum absolute atomic E-state index is 0.0649. The number of nitrogens with one attached hydrogen (secondary N) is 2. The Hall–Kier alpha value is -1.58. The molecule has 2 aromatic rings. The molecule has 7 nitrogen and oxygen atoms in total. The van der Waals surface area contributed by atoms with Crippen molar-refractivity contribution in [3.05, 3.63) is 33.3 Å². The summed E-state index contributed by atoms with van der Waals surface area (Å²) in [5.74, 6) is 0.182. The number of halogens is 2. The first-order chi connectivity index (χ1) is 10.8. The normalized spacial score (nSPS) is 10.7. The Morgan fingerprint density at radius 3 is 2.91 bits per heavy atom. The number of thiocarbonyl (C=S) groups is 1. The molecular weight excluding hydrogens is 404 g/mol. The van der Waals surface area contributed by atoms with Crippen LogP contribution in [0.1, 0.15) is 24.2 Å². The number of tetrazole rings is 1. The van der Waals surface area contributed by atoms with Crippen LogP contribution in [0.25, 0.3) is 0 Å². The monoisotopic (exact) mass is 416 g/mol. The number of nitrogens with zero attached hydrogens (tertiary/aromatic N) is 4. The molecule has 0 aliphatic rings. The fourth-order valence-electron chi connectivity index (χ4n) is 1.67. The third-order valence-electron chi connectivity index (χ3n) is 2.61. The fourth-order valence-corrected chi connectivity index (χ4v) is 2.42. The highest BCUT2D eigenvalue weighted by molar-refractivity contribution is 9.10. The van der Waals surface area contributed by atoms with E-state index in [0.717, 1.165) is 4.47 Å². The van der Waals surface area contributed by atoms with E-state index in [4.69, 9.17) is 23.8 Å². The number of benzene rings is 1. The van der Waals surface area contributed by atoms with E-state index < -0.39 is 5.91 Å². The molecule has 0 fully saturated rings. The molecule has 10 heteroatoms. The third-order valence-corrected chi connectivity index (χ3v) is 3.63. The number of carbonyl (C=O) groups is 1. The summed E-state index contributed by atoms with van der Waals surface area (Å²) in [6.07, 6.45) is 0. The Morgan fingerprint density at radius 2 is 2.22 bits per heavy atom. The highest BCUT2D eigenvalue weighted by atomic mass is 79.9. The van der Waals surface area contributed by atoms with E-state index in [2.05, 4.69) is 42.0 Å². The molecule has 1 amide bonds. The number of aromatic nitrogens is 4. The molecule has 23 heavy (non-hydrogen) atoms. The van der Waals surface area contributed by atoms with Gasteiger partial charge in [-0.2, -0.15) is 4.80 Å². The van der Waals surface area contributed by atoms with Crippen LogP contribution in [0.15, 0.2) is 22.7 Å². The molecule has 2 rings (SSSR count). The topological polar surface area (TPSA) is 84.7 Å². The first-order valence-electron chi connectivity index (χ1n) is 6.70. The van der Waals surface area contributed by atoms with Crippen LogP contribution in [-0.4, -0.2) is 31.2 Å². The molecule has 0 atom stereocenters. The number of hydrogen-bond acceptors (Lipinski definition) is 5. The van der Waals surface area contributed by atoms with Crippen molar-refractivity contribution in [2.24, 2.45) is 5.92 Å². The molecule has 0 aliphatic heterocycles. The maximum atomic E-state index is 12.2. The van der Waals surface area contributed by atoms with E-state index >= 15 is 0 Å². The van der Waals surface area contributed by atoms with Crippen LogP contribution >= 0.6 is 39.7 Å². The average molecular weight is 418 g/mol. The second kappa shape index (κ2) is 7.80. The molecule has 0 radical (unpaired) electrons. The smallest absolute Gasteiger partial charge is 0.269 e. The number of hydrogen-bond donors (Lipinski definition) is 2. The SMILES string of the molecule is CC(C)Cn1nnc(NC(=S)NC(=O)c2cc(Br)ccc2Cl)n1. The first kappa shape index (κ1) is 17.8. The van der Waals surface area contributed by atoms with Crippen molar-refractivity contribution < 1.29 is 4.79 Å². The lowest BCUT2D eigenvalue weighted by Gasteiger charge is -2.08. The van der Waals surface area contributed by atoms with Gasteiger partial charge in [0.05, 0.1) is 17.1 Å². The summed E-state index contributed by atoms with van der Waals surface area (Å²) < 4.78 is 0.740. The number of carbonyl (C=O) groups excluding carboxylic acids is 1. The fraction of sp³-hybridized carbons (Fsp3) is 0.308. The molecule has 0 spiro atoms. The van der Waals surface area contributed by atoms with Gasteiger partial charge >= 0.3 is 0 Å². The van der Waals surface area contributed by atoms with Crippen molar-refractivity contribution >= 4 is 56.7 Å². The van der Waals surface area contributed by atoms with Gasteiger partial charge in [0.1, 0.15) is 0 Å². The highest BCUT2D eigenvalue weighted by Gasteiger charge is 2.13. The van der Waals surface area contributed by atoms with Gasteiger partial charge < -0.3 is 0 Å². The summed E-state index contributed by atoms with van der Waals surface area (Å²) in [6.45, 7) is 4.73. The summed E-state index contributed by atoms with van der Waals surface area (Å²) in [4.78, 5) is 13.6. The molecule has 122 valence electrons. The molecule has 2 N–H and O–H groups in total. The predicted molar refractivity (Wildman–Crippen MR) is 95.5 cm³/mol. The third kappa shape index (κ3) is 5.22. The Kier molecular flexibility index (Phi) is 6.03. The first-order valence-corrected chi connectivity index (χ1v) is 8.28. The maximum Gasteiger partial charge on any atom is 0.269 e. The average Bonchev–Trinajstić information content (AvgIpc) is 2.87. The number of rotatable bonds is 4. The van der Waals surface area contributed by atoms with Crippen LogP contribution in [0.3, 0.4) is 0 Å². The minimum atomic E-state index is -0.427. The van der Waals surface area contributed by atoms with Crippen molar-refractivity contribution in [1.82, 2.24) is 25.5 Å². The molecule has 1 aromatic heterocycles. The summed E-state index contributed by atoms with van der Waals surface area (Å²) >= 11 is 14.4. The van der Waals surface area contributed by atoms with Crippen LogP contribution in [0.2, 0.25) is 5.02 Å². The number of anilines is 1. The van der Waals surface area contributed by atoms with Gasteiger partial charge in [-0.25, -0.2) is 0 Å². The Bertz CT molecular complexity index is 735. The van der Waals surface area contributed by atoms with Gasteiger partial charge in [0, 0.05) is 4.47 Å². The lowest BCUT2D eigenvalue weighted by Crippen LogP contribution is -2.34. The lowest BCUT2D eigenvalue weighted by molar-refractivity contribution is 0.0978. The van der Waals surface area contributed by atoms with Crippen molar-refractivity contribution in [2.75, 3.05) is 5.32 Å². The van der Waals surface area contributed by atoms with E-state index in [1.165, 1.54) is 4.80 Å². The van der Waals surface area contributed by atoms with E-state index in [1.807, 2.05) is 13.8 Å². The van der Waals surface area contributed by atoms with Crippen molar-refractivity contribution in [1.29, 1.82) is 0 Å². The highest BCUT2D eigenvalue weighted by Crippen LogP contribution is 2.20. The Balaban J connectivity index is 1.97. The molecule has 0 unspecified atom stereocenters. The second-order valence-corrected chi connectivity index (χ2v) is 6.83. The molecule has 0 aliphatic carbocycles. The van der Waals surface area contributed by atoms with Gasteiger partial charge in [0.25, 0.3) is 11.9 Å². The molecular formula is C13H14BrClN6OS. The minimum Gasteiger partial charge on any atom is -0.299 e. The van der Waals surface area contributed by atoms with Crippen LogP contribution in [-0.2, 0) is 6.54 Å². The van der Waals surface area contributed by atoms with Crippen LogP contribution < -0.4 is 10.6 Å². The van der Waals surface area contributed by atoms with Gasteiger partial charge in [-0.15, -0.1) is 5.10 Å². The molecule has 0 bridgehead atoms. The van der Waals surface area contributed by atoms with Crippen molar-refractivity contribution in [2.45, 2.75) is 20.4 Å². The summed E-state index contributed by atoms with van der Waals surface area (Å²) in [5.41, 5.74) is 0.307. The lowest BCUT2D eigenvalue weighted by atomic mass is 10.2. The molecule has 1 aromatic carbocycles. The second-order valence-electron chi connectivity index (χ2n) is 5.09.